The molecule has 0 spiro atoms. The first-order valence-electron chi connectivity index (χ1n) is 7.93. The Kier molecular flexibility index (Phi) is 5.43. The number of thiazole rings is 1. The number of urea groups is 1. The molecule has 0 aliphatic carbocycles. The number of hydrogen-bond acceptors (Lipinski definition) is 4. The Morgan fingerprint density at radius 3 is 2.62 bits per heavy atom. The van der Waals surface area contributed by atoms with Crippen molar-refractivity contribution in [3.05, 3.63) is 59.4 Å². The normalized spacial score (nSPS) is 10.5. The van der Waals surface area contributed by atoms with Crippen LogP contribution < -0.4 is 16.0 Å². The van der Waals surface area contributed by atoms with E-state index in [0.717, 1.165) is 21.3 Å². The summed E-state index contributed by atoms with van der Waals surface area (Å²) < 4.78 is 13.8. The van der Waals surface area contributed by atoms with Crippen molar-refractivity contribution in [2.24, 2.45) is 0 Å². The molecule has 0 fully saturated rings. The van der Waals surface area contributed by atoms with Crippen LogP contribution in [0.2, 0.25) is 0 Å². The van der Waals surface area contributed by atoms with E-state index in [0.29, 0.717) is 5.13 Å². The second kappa shape index (κ2) is 7.92. The average molecular weight is 372 g/mol. The van der Waals surface area contributed by atoms with Crippen molar-refractivity contribution in [2.75, 3.05) is 11.9 Å². The van der Waals surface area contributed by atoms with E-state index in [1.165, 1.54) is 23.5 Å². The van der Waals surface area contributed by atoms with Gasteiger partial charge in [0.15, 0.2) is 5.13 Å². The molecule has 0 radical (unpaired) electrons. The zero-order chi connectivity index (χ0) is 18.5. The summed E-state index contributed by atoms with van der Waals surface area (Å²) in [4.78, 5) is 28.1. The van der Waals surface area contributed by atoms with Crippen molar-refractivity contribution in [3.8, 4) is 0 Å². The summed E-state index contributed by atoms with van der Waals surface area (Å²) in [5.41, 5.74) is 2.66. The lowest BCUT2D eigenvalue weighted by Gasteiger charge is -2.07. The summed E-state index contributed by atoms with van der Waals surface area (Å²) in [5, 5.41) is 8.24. The highest BCUT2D eigenvalue weighted by Crippen LogP contribution is 2.27. The molecule has 3 rings (SSSR count). The van der Waals surface area contributed by atoms with Crippen molar-refractivity contribution in [2.45, 2.75) is 13.5 Å². The average Bonchev–Trinajstić information content (AvgIpc) is 3.03. The molecule has 8 heteroatoms. The van der Waals surface area contributed by atoms with Gasteiger partial charge in [0.05, 0.1) is 16.8 Å². The van der Waals surface area contributed by atoms with E-state index in [9.17, 15) is 14.0 Å². The van der Waals surface area contributed by atoms with Gasteiger partial charge in [-0.3, -0.25) is 4.79 Å². The summed E-state index contributed by atoms with van der Waals surface area (Å²) in [7, 11) is 0. The topological polar surface area (TPSA) is 83.1 Å². The van der Waals surface area contributed by atoms with Crippen LogP contribution in [-0.2, 0) is 11.3 Å². The molecule has 0 aliphatic rings. The van der Waals surface area contributed by atoms with Crippen LogP contribution in [0.25, 0.3) is 10.2 Å². The smallest absolute Gasteiger partial charge is 0.315 e. The number of rotatable bonds is 5. The molecule has 0 saturated heterocycles. The number of para-hydroxylation sites is 1. The first-order chi connectivity index (χ1) is 12.5. The first-order valence-corrected chi connectivity index (χ1v) is 8.75. The van der Waals surface area contributed by atoms with E-state index in [2.05, 4.69) is 20.9 Å². The molecule has 3 aromatic rings. The lowest BCUT2D eigenvalue weighted by molar-refractivity contribution is -0.115. The number of fused-ring (bicyclic) bond motifs is 1. The molecule has 3 N–H and O–H groups in total. The van der Waals surface area contributed by atoms with Gasteiger partial charge in [-0.05, 0) is 36.2 Å². The minimum atomic E-state index is -0.482. The fraction of sp³-hybridized carbons (Fsp3) is 0.167. The maximum absolute atomic E-state index is 12.8. The molecule has 0 atom stereocenters. The molecule has 2 aromatic carbocycles. The summed E-state index contributed by atoms with van der Waals surface area (Å²) >= 11 is 1.38. The standard InChI is InChI=1S/C18H17FN4O2S/c1-11-3-2-4-14-16(11)23-18(26-14)22-15(24)10-21-17(25)20-9-12-5-7-13(19)8-6-12/h2-8H,9-10H2,1H3,(H2,20,21,25)(H,22,23,24). The van der Waals surface area contributed by atoms with Gasteiger partial charge in [0.2, 0.25) is 5.91 Å². The molecule has 6 nitrogen and oxygen atoms in total. The van der Waals surface area contributed by atoms with Crippen LogP contribution >= 0.6 is 11.3 Å². The number of aryl methyl sites for hydroxylation is 1. The molecule has 134 valence electrons. The van der Waals surface area contributed by atoms with Gasteiger partial charge in [0.25, 0.3) is 0 Å². The van der Waals surface area contributed by atoms with Crippen molar-refractivity contribution in [1.29, 1.82) is 0 Å². The molecule has 1 aromatic heterocycles. The number of amides is 3. The fourth-order valence-electron chi connectivity index (χ4n) is 2.31. The lowest BCUT2D eigenvalue weighted by atomic mass is 10.2. The zero-order valence-corrected chi connectivity index (χ0v) is 14.8. The van der Waals surface area contributed by atoms with Gasteiger partial charge in [-0.1, -0.05) is 35.6 Å². The van der Waals surface area contributed by atoms with Crippen LogP contribution in [0, 0.1) is 12.7 Å². The molecule has 26 heavy (non-hydrogen) atoms. The van der Waals surface area contributed by atoms with E-state index in [4.69, 9.17) is 0 Å². The van der Waals surface area contributed by atoms with Crippen LogP contribution in [0.1, 0.15) is 11.1 Å². The molecule has 0 saturated carbocycles. The van der Waals surface area contributed by atoms with Crippen molar-refractivity contribution >= 4 is 38.6 Å². The summed E-state index contributed by atoms with van der Waals surface area (Å²) in [6.45, 7) is 2.02. The van der Waals surface area contributed by atoms with Crippen molar-refractivity contribution in [1.82, 2.24) is 15.6 Å². The molecular formula is C18H17FN4O2S. The monoisotopic (exact) mass is 372 g/mol. The molecule has 0 bridgehead atoms. The number of carbonyl (C=O) groups excluding carboxylic acids is 2. The highest BCUT2D eigenvalue weighted by atomic mass is 32.1. The zero-order valence-electron chi connectivity index (χ0n) is 14.0. The van der Waals surface area contributed by atoms with E-state index < -0.39 is 6.03 Å². The van der Waals surface area contributed by atoms with Crippen molar-refractivity contribution in [3.63, 3.8) is 0 Å². The number of halogens is 1. The number of anilines is 1. The maximum atomic E-state index is 12.8. The Hall–Kier alpha value is -3.00. The second-order valence-corrected chi connectivity index (χ2v) is 6.68. The van der Waals surface area contributed by atoms with Gasteiger partial charge in [-0.15, -0.1) is 0 Å². The Bertz CT molecular complexity index is 940. The van der Waals surface area contributed by atoms with Crippen LogP contribution in [0.5, 0.6) is 0 Å². The predicted molar refractivity (Wildman–Crippen MR) is 99.6 cm³/mol. The van der Waals surface area contributed by atoms with E-state index in [1.807, 2.05) is 25.1 Å². The molecule has 0 unspecified atom stereocenters. The minimum Gasteiger partial charge on any atom is -0.334 e. The highest BCUT2D eigenvalue weighted by molar-refractivity contribution is 7.22. The number of carbonyl (C=O) groups is 2. The number of benzene rings is 2. The summed E-state index contributed by atoms with van der Waals surface area (Å²) in [6.07, 6.45) is 0. The van der Waals surface area contributed by atoms with Gasteiger partial charge in [0.1, 0.15) is 5.82 Å². The van der Waals surface area contributed by atoms with Crippen LogP contribution in [-0.4, -0.2) is 23.5 Å². The Balaban J connectivity index is 1.46. The van der Waals surface area contributed by atoms with Gasteiger partial charge in [0, 0.05) is 6.54 Å². The quantitative estimate of drug-likeness (QED) is 0.643. The molecular weight excluding hydrogens is 355 g/mol. The van der Waals surface area contributed by atoms with Crippen LogP contribution in [0.3, 0.4) is 0 Å². The third kappa shape index (κ3) is 4.54. The van der Waals surface area contributed by atoms with Crippen LogP contribution in [0.15, 0.2) is 42.5 Å². The molecule has 3 amide bonds. The second-order valence-electron chi connectivity index (χ2n) is 5.65. The highest BCUT2D eigenvalue weighted by Gasteiger charge is 2.10. The third-order valence-electron chi connectivity index (χ3n) is 3.64. The van der Waals surface area contributed by atoms with E-state index in [1.54, 1.807) is 12.1 Å². The molecule has 1 heterocycles. The number of nitrogens with one attached hydrogen (secondary N) is 3. The van der Waals surface area contributed by atoms with Crippen LogP contribution in [0.4, 0.5) is 14.3 Å². The fourth-order valence-corrected chi connectivity index (χ4v) is 3.27. The number of hydrogen-bond donors (Lipinski definition) is 3. The lowest BCUT2D eigenvalue weighted by Crippen LogP contribution is -2.39. The SMILES string of the molecule is Cc1cccc2sc(NC(=O)CNC(=O)NCc3ccc(F)cc3)nc12. The largest absolute Gasteiger partial charge is 0.334 e. The Morgan fingerprint density at radius 2 is 1.88 bits per heavy atom. The predicted octanol–water partition coefficient (Wildman–Crippen LogP) is 3.18. The Morgan fingerprint density at radius 1 is 1.12 bits per heavy atom. The molecule has 0 aliphatic heterocycles. The summed E-state index contributed by atoms with van der Waals surface area (Å²) in [6, 6.07) is 11.2. The first kappa shape index (κ1) is 17.8. The van der Waals surface area contributed by atoms with Gasteiger partial charge in [-0.2, -0.15) is 0 Å². The minimum absolute atomic E-state index is 0.176. The summed E-state index contributed by atoms with van der Waals surface area (Å²) in [5.74, 6) is -0.696. The Labute approximate surface area is 153 Å². The number of aromatic nitrogens is 1. The van der Waals surface area contributed by atoms with E-state index >= 15 is 0 Å². The van der Waals surface area contributed by atoms with Gasteiger partial charge < -0.3 is 16.0 Å². The van der Waals surface area contributed by atoms with Crippen molar-refractivity contribution < 1.29 is 14.0 Å². The van der Waals surface area contributed by atoms with E-state index in [-0.39, 0.29) is 24.8 Å². The number of nitrogens with zero attached hydrogens (tertiary/aromatic N) is 1. The van der Waals surface area contributed by atoms with Gasteiger partial charge >= 0.3 is 6.03 Å². The third-order valence-corrected chi connectivity index (χ3v) is 4.58. The van der Waals surface area contributed by atoms with Gasteiger partial charge in [-0.25, -0.2) is 14.2 Å². The maximum Gasteiger partial charge on any atom is 0.315 e.